The summed E-state index contributed by atoms with van der Waals surface area (Å²) in [6, 6.07) is 4.65. The van der Waals surface area contributed by atoms with Gasteiger partial charge in [0.25, 0.3) is 0 Å². The van der Waals surface area contributed by atoms with Crippen LogP contribution in [0.1, 0.15) is 22.9 Å². The topological polar surface area (TPSA) is 68.6 Å². The van der Waals surface area contributed by atoms with E-state index in [0.29, 0.717) is 17.1 Å². The van der Waals surface area contributed by atoms with Crippen molar-refractivity contribution in [1.29, 1.82) is 0 Å². The third-order valence-corrected chi connectivity index (χ3v) is 5.21. The first kappa shape index (κ1) is 19.0. The summed E-state index contributed by atoms with van der Waals surface area (Å²) in [5.74, 6) is 0.792. The number of nitrogens with zero attached hydrogens (tertiary/aromatic N) is 3. The van der Waals surface area contributed by atoms with Crippen molar-refractivity contribution in [2.45, 2.75) is 27.4 Å². The number of benzene rings is 1. The highest BCUT2D eigenvalue weighted by Crippen LogP contribution is 2.33. The Morgan fingerprint density at radius 3 is 2.70 bits per heavy atom. The van der Waals surface area contributed by atoms with Crippen LogP contribution in [0.15, 0.2) is 29.6 Å². The minimum Gasteiger partial charge on any atom is -0.493 e. The zero-order valence-corrected chi connectivity index (χ0v) is 16.0. The number of nitrogens with one attached hydrogen (secondary N) is 1. The number of alkyl halides is 2. The molecule has 0 fully saturated rings. The summed E-state index contributed by atoms with van der Waals surface area (Å²) in [4.78, 5) is 10.6. The molecule has 0 aliphatic heterocycles. The summed E-state index contributed by atoms with van der Waals surface area (Å²) >= 11 is 1.60. The third-order valence-electron chi connectivity index (χ3n) is 4.09. The van der Waals surface area contributed by atoms with E-state index < -0.39 is 6.61 Å². The third kappa shape index (κ3) is 3.97. The lowest BCUT2D eigenvalue weighted by Gasteiger charge is -2.11. The molecule has 0 aliphatic rings. The standard InChI is InChI=1S/C18H18F2N4O2S/c1-9-11(3)27-17-15(9)16(21-8-22-17)24-23-10(2)12-5-6-13(26-18(19)20)14(7-12)25-4/h5-8,18H,1-4H3,(H,21,22,24). The van der Waals surface area contributed by atoms with Crippen LogP contribution in [-0.4, -0.2) is 29.4 Å². The molecule has 0 amide bonds. The molecule has 27 heavy (non-hydrogen) atoms. The van der Waals surface area contributed by atoms with Crippen LogP contribution in [0.3, 0.4) is 0 Å². The van der Waals surface area contributed by atoms with Gasteiger partial charge in [0.15, 0.2) is 17.3 Å². The van der Waals surface area contributed by atoms with Crippen LogP contribution in [0.4, 0.5) is 14.6 Å². The smallest absolute Gasteiger partial charge is 0.387 e. The van der Waals surface area contributed by atoms with Crippen molar-refractivity contribution >= 4 is 33.1 Å². The summed E-state index contributed by atoms with van der Waals surface area (Å²) in [7, 11) is 1.39. The number of ether oxygens (including phenoxy) is 2. The van der Waals surface area contributed by atoms with Gasteiger partial charge in [-0.15, -0.1) is 11.3 Å². The quantitative estimate of drug-likeness (QED) is 0.484. The number of hydrazone groups is 1. The van der Waals surface area contributed by atoms with Crippen LogP contribution in [0.5, 0.6) is 11.5 Å². The fraction of sp³-hybridized carbons (Fsp3) is 0.278. The predicted octanol–water partition coefficient (Wildman–Crippen LogP) is 4.75. The van der Waals surface area contributed by atoms with Gasteiger partial charge in [0.1, 0.15) is 11.2 Å². The number of rotatable bonds is 6. The molecule has 142 valence electrons. The second-order valence-corrected chi connectivity index (χ2v) is 6.94. The molecule has 6 nitrogen and oxygen atoms in total. The average Bonchev–Trinajstić information content (AvgIpc) is 2.94. The normalized spacial score (nSPS) is 11.9. The SMILES string of the molecule is COc1cc(C(C)=NNc2ncnc3sc(C)c(C)c23)ccc1OC(F)F. The highest BCUT2D eigenvalue weighted by Gasteiger charge is 2.13. The number of halogens is 2. The Balaban J connectivity index is 1.88. The van der Waals surface area contributed by atoms with Crippen molar-refractivity contribution in [3.05, 3.63) is 40.5 Å². The van der Waals surface area contributed by atoms with Crippen molar-refractivity contribution < 1.29 is 18.3 Å². The molecule has 0 spiro atoms. The van der Waals surface area contributed by atoms with Crippen LogP contribution >= 0.6 is 11.3 Å². The number of aryl methyl sites for hydroxylation is 2. The summed E-state index contributed by atoms with van der Waals surface area (Å²) in [6.45, 7) is 2.93. The Morgan fingerprint density at radius 2 is 2.00 bits per heavy atom. The number of methoxy groups -OCH3 is 1. The molecule has 0 atom stereocenters. The summed E-state index contributed by atoms with van der Waals surface area (Å²) in [6.07, 6.45) is 1.49. The Labute approximate surface area is 158 Å². The maximum Gasteiger partial charge on any atom is 0.387 e. The van der Waals surface area contributed by atoms with Gasteiger partial charge < -0.3 is 9.47 Å². The van der Waals surface area contributed by atoms with E-state index in [2.05, 4.69) is 25.2 Å². The zero-order valence-electron chi connectivity index (χ0n) is 15.2. The van der Waals surface area contributed by atoms with Crippen LogP contribution in [-0.2, 0) is 0 Å². The molecule has 0 radical (unpaired) electrons. The molecule has 1 N–H and O–H groups in total. The van der Waals surface area contributed by atoms with Gasteiger partial charge in [-0.2, -0.15) is 13.9 Å². The molecule has 3 rings (SSSR count). The van der Waals surface area contributed by atoms with Crippen molar-refractivity contribution in [2.24, 2.45) is 5.10 Å². The van der Waals surface area contributed by atoms with Gasteiger partial charge in [-0.3, -0.25) is 5.43 Å². The van der Waals surface area contributed by atoms with E-state index in [1.165, 1.54) is 24.4 Å². The van der Waals surface area contributed by atoms with E-state index in [1.54, 1.807) is 30.4 Å². The van der Waals surface area contributed by atoms with Crippen molar-refractivity contribution in [2.75, 3.05) is 12.5 Å². The Kier molecular flexibility index (Phi) is 5.50. The van der Waals surface area contributed by atoms with Crippen molar-refractivity contribution in [1.82, 2.24) is 9.97 Å². The number of thiophene rings is 1. The van der Waals surface area contributed by atoms with Gasteiger partial charge in [0.05, 0.1) is 18.2 Å². The highest BCUT2D eigenvalue weighted by atomic mass is 32.1. The largest absolute Gasteiger partial charge is 0.493 e. The fourth-order valence-corrected chi connectivity index (χ4v) is 3.55. The number of aromatic nitrogens is 2. The molecule has 0 bridgehead atoms. The summed E-state index contributed by atoms with van der Waals surface area (Å²) in [5, 5.41) is 5.31. The van der Waals surface area contributed by atoms with E-state index in [0.717, 1.165) is 15.8 Å². The van der Waals surface area contributed by atoms with Crippen LogP contribution in [0.25, 0.3) is 10.2 Å². The minimum atomic E-state index is -2.92. The average molecular weight is 392 g/mol. The van der Waals surface area contributed by atoms with Gasteiger partial charge in [-0.1, -0.05) is 0 Å². The lowest BCUT2D eigenvalue weighted by atomic mass is 10.1. The second kappa shape index (κ2) is 7.83. The second-order valence-electron chi connectivity index (χ2n) is 5.74. The number of hydrogen-bond donors (Lipinski definition) is 1. The van der Waals surface area contributed by atoms with Crippen LogP contribution < -0.4 is 14.9 Å². The first-order chi connectivity index (χ1) is 12.9. The van der Waals surface area contributed by atoms with Crippen molar-refractivity contribution in [3.63, 3.8) is 0 Å². The zero-order chi connectivity index (χ0) is 19.6. The Hall–Kier alpha value is -2.81. The predicted molar refractivity (Wildman–Crippen MR) is 102 cm³/mol. The molecule has 2 aromatic heterocycles. The summed E-state index contributed by atoms with van der Waals surface area (Å²) in [5.41, 5.74) is 5.42. The van der Waals surface area contributed by atoms with Crippen LogP contribution in [0, 0.1) is 13.8 Å². The first-order valence-electron chi connectivity index (χ1n) is 8.05. The lowest BCUT2D eigenvalue weighted by Crippen LogP contribution is -2.05. The molecule has 9 heteroatoms. The van der Waals surface area contributed by atoms with E-state index in [-0.39, 0.29) is 11.5 Å². The van der Waals surface area contributed by atoms with E-state index in [1.807, 2.05) is 13.8 Å². The van der Waals surface area contributed by atoms with Gasteiger partial charge in [0, 0.05) is 10.4 Å². The van der Waals surface area contributed by atoms with E-state index in [4.69, 9.17) is 4.74 Å². The van der Waals surface area contributed by atoms with E-state index >= 15 is 0 Å². The molecule has 0 unspecified atom stereocenters. The monoisotopic (exact) mass is 392 g/mol. The number of anilines is 1. The Morgan fingerprint density at radius 1 is 1.22 bits per heavy atom. The van der Waals surface area contributed by atoms with Crippen LogP contribution in [0.2, 0.25) is 0 Å². The van der Waals surface area contributed by atoms with Gasteiger partial charge >= 0.3 is 6.61 Å². The molecule has 1 aromatic carbocycles. The number of hydrogen-bond acceptors (Lipinski definition) is 7. The Bertz CT molecular complexity index is 1000. The molecule has 0 saturated heterocycles. The molecule has 2 heterocycles. The van der Waals surface area contributed by atoms with Crippen molar-refractivity contribution in [3.8, 4) is 11.5 Å². The molecule has 0 aliphatic carbocycles. The first-order valence-corrected chi connectivity index (χ1v) is 8.86. The molecular weight excluding hydrogens is 374 g/mol. The van der Waals surface area contributed by atoms with Gasteiger partial charge in [-0.25, -0.2) is 9.97 Å². The van der Waals surface area contributed by atoms with Gasteiger partial charge in [-0.05, 0) is 44.5 Å². The maximum atomic E-state index is 12.4. The molecule has 3 aromatic rings. The lowest BCUT2D eigenvalue weighted by molar-refractivity contribution is -0.0512. The minimum absolute atomic E-state index is 0.0288. The molecule has 0 saturated carbocycles. The summed E-state index contributed by atoms with van der Waals surface area (Å²) < 4.78 is 34.4. The molecular formula is C18H18F2N4O2S. The maximum absolute atomic E-state index is 12.4. The van der Waals surface area contributed by atoms with E-state index in [9.17, 15) is 8.78 Å². The van der Waals surface area contributed by atoms with Gasteiger partial charge in [0.2, 0.25) is 0 Å². The fourth-order valence-electron chi connectivity index (χ4n) is 2.55. The number of fused-ring (bicyclic) bond motifs is 1. The highest BCUT2D eigenvalue weighted by molar-refractivity contribution is 7.18.